The summed E-state index contributed by atoms with van der Waals surface area (Å²) in [5.74, 6) is -0.262. The Balaban J connectivity index is 0.000000211. The second-order valence-corrected chi connectivity index (χ2v) is 9.15. The van der Waals surface area contributed by atoms with E-state index in [1.807, 2.05) is 60.7 Å². The van der Waals surface area contributed by atoms with Crippen molar-refractivity contribution in [2.45, 2.75) is 23.4 Å². The Kier molecular flexibility index (Phi) is 9.90. The molecule has 14 heteroatoms. The van der Waals surface area contributed by atoms with E-state index in [-0.39, 0.29) is 23.0 Å². The van der Waals surface area contributed by atoms with E-state index in [0.717, 1.165) is 11.1 Å². The van der Waals surface area contributed by atoms with E-state index in [4.69, 9.17) is 11.5 Å². The lowest BCUT2D eigenvalue weighted by Crippen LogP contribution is -2.24. The summed E-state index contributed by atoms with van der Waals surface area (Å²) in [5.41, 5.74) is 11.2. The van der Waals surface area contributed by atoms with Crippen molar-refractivity contribution in [3.8, 4) is 0 Å². The Labute approximate surface area is 225 Å². The minimum atomic E-state index is -0.518. The number of thioether (sulfide) groups is 2. The molecule has 0 saturated heterocycles. The third-order valence-corrected chi connectivity index (χ3v) is 6.54. The number of anilines is 2. The lowest BCUT2D eigenvalue weighted by atomic mass is 10.2. The Morgan fingerprint density at radius 2 is 1.03 bits per heavy atom. The number of benzene rings is 2. The molecule has 0 saturated carbocycles. The molecular formula is C24H24N8O4S2. The molecule has 0 radical (unpaired) electrons. The van der Waals surface area contributed by atoms with Gasteiger partial charge in [0.15, 0.2) is 21.9 Å². The normalized spacial score (nSPS) is 10.4. The number of nitrogens with two attached hydrogens (primary N) is 2. The third kappa shape index (κ3) is 6.52. The van der Waals surface area contributed by atoms with E-state index in [1.54, 1.807) is 12.5 Å². The molecule has 38 heavy (non-hydrogen) atoms. The van der Waals surface area contributed by atoms with Crippen LogP contribution in [0.5, 0.6) is 0 Å². The van der Waals surface area contributed by atoms with Crippen LogP contribution in [-0.4, -0.2) is 31.6 Å². The van der Waals surface area contributed by atoms with Crippen LogP contribution in [0, 0.1) is 9.81 Å². The van der Waals surface area contributed by atoms with Crippen LogP contribution in [0.25, 0.3) is 0 Å². The van der Waals surface area contributed by atoms with Crippen molar-refractivity contribution < 1.29 is 0 Å². The second-order valence-electron chi connectivity index (χ2n) is 7.60. The van der Waals surface area contributed by atoms with E-state index < -0.39 is 11.1 Å². The van der Waals surface area contributed by atoms with Gasteiger partial charge in [0, 0.05) is 0 Å². The summed E-state index contributed by atoms with van der Waals surface area (Å²) in [6.07, 6.45) is 3.58. The number of aromatic nitrogens is 4. The van der Waals surface area contributed by atoms with Crippen LogP contribution >= 0.6 is 23.5 Å². The first kappa shape index (κ1) is 28.3. The molecule has 0 aliphatic carbocycles. The van der Waals surface area contributed by atoms with Crippen molar-refractivity contribution in [1.82, 2.24) is 19.1 Å². The van der Waals surface area contributed by atoms with Gasteiger partial charge in [-0.25, -0.2) is 9.97 Å². The van der Waals surface area contributed by atoms with Crippen LogP contribution in [-0.2, 0) is 13.1 Å². The van der Waals surface area contributed by atoms with Crippen molar-refractivity contribution in [3.63, 3.8) is 0 Å². The van der Waals surface area contributed by atoms with Gasteiger partial charge in [-0.05, 0) is 34.0 Å². The van der Waals surface area contributed by atoms with Crippen molar-refractivity contribution in [3.05, 3.63) is 102 Å². The van der Waals surface area contributed by atoms with Crippen molar-refractivity contribution in [2.24, 2.45) is 10.4 Å². The topological polar surface area (TPSA) is 181 Å². The number of hydrogen-bond acceptors (Lipinski definition) is 12. The Morgan fingerprint density at radius 3 is 1.32 bits per heavy atom. The van der Waals surface area contributed by atoms with Gasteiger partial charge in [-0.2, -0.15) is 0 Å². The summed E-state index contributed by atoms with van der Waals surface area (Å²) in [5, 5.41) is 6.25. The molecule has 0 unspecified atom stereocenters. The molecular weight excluding hydrogens is 528 g/mol. The van der Waals surface area contributed by atoms with Crippen LogP contribution in [0.15, 0.2) is 90.9 Å². The molecule has 0 amide bonds. The van der Waals surface area contributed by atoms with Crippen LogP contribution in [0.3, 0.4) is 0 Å². The highest BCUT2D eigenvalue weighted by atomic mass is 32.2. The van der Waals surface area contributed by atoms with E-state index in [9.17, 15) is 19.4 Å². The van der Waals surface area contributed by atoms with Gasteiger partial charge in [-0.15, -0.1) is 9.81 Å². The molecule has 0 bridgehead atoms. The average molecular weight is 553 g/mol. The summed E-state index contributed by atoms with van der Waals surface area (Å²) in [4.78, 5) is 53.7. The summed E-state index contributed by atoms with van der Waals surface area (Å²) in [6.45, 7) is 0.650. The minimum absolute atomic E-state index is 0.131. The zero-order valence-corrected chi connectivity index (χ0v) is 22.1. The van der Waals surface area contributed by atoms with Crippen molar-refractivity contribution in [1.29, 1.82) is 0 Å². The quantitative estimate of drug-likeness (QED) is 0.184. The summed E-state index contributed by atoms with van der Waals surface area (Å²) in [7, 11) is 0. The Bertz CT molecular complexity index is 1430. The van der Waals surface area contributed by atoms with E-state index >= 15 is 0 Å². The highest BCUT2D eigenvalue weighted by Crippen LogP contribution is 2.21. The molecule has 0 fully saturated rings. The first-order valence-corrected chi connectivity index (χ1v) is 13.4. The van der Waals surface area contributed by atoms with Crippen molar-refractivity contribution in [2.75, 3.05) is 24.0 Å². The summed E-state index contributed by atoms with van der Waals surface area (Å²) < 4.78 is 2.79. The Morgan fingerprint density at radius 1 is 0.684 bits per heavy atom. The molecule has 4 aromatic rings. The van der Waals surface area contributed by atoms with Gasteiger partial charge in [0.1, 0.15) is 0 Å². The zero-order chi connectivity index (χ0) is 27.7. The van der Waals surface area contributed by atoms with Gasteiger partial charge in [0.2, 0.25) is 11.4 Å². The highest BCUT2D eigenvalue weighted by molar-refractivity contribution is 7.98. The van der Waals surface area contributed by atoms with E-state index in [1.165, 1.54) is 32.7 Å². The van der Waals surface area contributed by atoms with Gasteiger partial charge < -0.3 is 11.5 Å². The maximum absolute atomic E-state index is 12.1. The smallest absolute Gasteiger partial charge is 0.286 e. The molecule has 4 N–H and O–H groups in total. The predicted octanol–water partition coefficient (Wildman–Crippen LogP) is 3.99. The number of hydrogen-bond donors (Lipinski definition) is 2. The summed E-state index contributed by atoms with van der Waals surface area (Å²) >= 11 is 2.58. The maximum atomic E-state index is 12.1. The number of nitrogen functional groups attached to an aromatic ring is 2. The van der Waals surface area contributed by atoms with Gasteiger partial charge in [0.25, 0.3) is 11.1 Å². The molecule has 0 spiro atoms. The molecule has 0 aliphatic rings. The van der Waals surface area contributed by atoms with E-state index in [0.29, 0.717) is 23.4 Å². The standard InChI is InChI=1S/2C12H12N4O2S/c2*1-19-12-14-10(13)9(15-18)11(17)16(12)7-8-5-3-2-4-6-8/h2*2-6H,7,13H2,1H3. The maximum Gasteiger partial charge on any atom is 0.286 e. The van der Waals surface area contributed by atoms with Crippen LogP contribution in [0.1, 0.15) is 11.1 Å². The van der Waals surface area contributed by atoms with Crippen molar-refractivity contribution >= 4 is 46.5 Å². The molecule has 4 rings (SSSR count). The number of nitroso groups, excluding NO2 is 2. The lowest BCUT2D eigenvalue weighted by Gasteiger charge is -2.11. The fraction of sp³-hybridized carbons (Fsp3) is 0.167. The zero-order valence-electron chi connectivity index (χ0n) is 20.5. The van der Waals surface area contributed by atoms with Crippen LogP contribution in [0.4, 0.5) is 23.0 Å². The molecule has 2 aromatic heterocycles. The van der Waals surface area contributed by atoms with E-state index in [2.05, 4.69) is 20.3 Å². The molecule has 0 atom stereocenters. The number of nitrogens with zero attached hydrogens (tertiary/aromatic N) is 6. The monoisotopic (exact) mass is 552 g/mol. The third-order valence-electron chi connectivity index (χ3n) is 5.19. The van der Waals surface area contributed by atoms with Gasteiger partial charge in [0.05, 0.1) is 13.1 Å². The first-order valence-electron chi connectivity index (χ1n) is 11.0. The average Bonchev–Trinajstić information content (AvgIpc) is 2.93. The second kappa shape index (κ2) is 13.3. The number of rotatable bonds is 8. The minimum Gasteiger partial charge on any atom is -0.382 e. The SMILES string of the molecule is CSc1nc(N)c(N=O)c(=O)n1Cc1ccccc1.CSc1nc(N)c(N=O)c(=O)n1Cc1ccccc1. The molecule has 0 aliphatic heterocycles. The fourth-order valence-electron chi connectivity index (χ4n) is 3.38. The largest absolute Gasteiger partial charge is 0.382 e. The predicted molar refractivity (Wildman–Crippen MR) is 151 cm³/mol. The fourth-order valence-corrected chi connectivity index (χ4v) is 4.49. The van der Waals surface area contributed by atoms with Crippen LogP contribution in [0.2, 0.25) is 0 Å². The van der Waals surface area contributed by atoms with Crippen LogP contribution < -0.4 is 22.6 Å². The highest BCUT2D eigenvalue weighted by Gasteiger charge is 2.16. The van der Waals surface area contributed by atoms with Gasteiger partial charge in [-0.1, -0.05) is 84.2 Å². The van der Waals surface area contributed by atoms with Gasteiger partial charge >= 0.3 is 0 Å². The molecule has 12 nitrogen and oxygen atoms in total. The summed E-state index contributed by atoms with van der Waals surface area (Å²) in [6, 6.07) is 18.9. The Hall–Kier alpha value is -4.30. The first-order chi connectivity index (χ1) is 18.3. The molecule has 2 heterocycles. The molecule has 2 aromatic carbocycles. The van der Waals surface area contributed by atoms with Gasteiger partial charge in [-0.3, -0.25) is 18.7 Å². The lowest BCUT2D eigenvalue weighted by molar-refractivity contribution is 0.650. The molecule has 196 valence electrons.